The zero-order chi connectivity index (χ0) is 23.4. The van der Waals surface area contributed by atoms with Gasteiger partial charge in [0.1, 0.15) is 12.7 Å². The van der Waals surface area contributed by atoms with Crippen molar-refractivity contribution in [1.82, 2.24) is 0 Å². The molecule has 5 N–H and O–H groups in total. The standard InChI is InChI=1S/C20H45NO7P2S/c1-3-5-7-9-10-12-16-29(22,23)28-20(18-27-30(24,25)26-15-14-21)19-31-17-13-11-8-6-4-2/h20H,3-19,21H2,1-2H3,(H,22,23)(H,24,25)/p+1. The third-order valence-corrected chi connectivity index (χ3v) is 8.30. The van der Waals surface area contributed by atoms with Crippen LogP contribution in [0.4, 0.5) is 0 Å². The van der Waals surface area contributed by atoms with Crippen molar-refractivity contribution in [1.29, 1.82) is 0 Å². The third kappa shape index (κ3) is 20.9. The Morgan fingerprint density at radius 3 is 2.06 bits per heavy atom. The molecule has 3 unspecified atom stereocenters. The molecular formula is C20H46NO7P2S+. The quantitative estimate of drug-likeness (QED) is 0.130. The minimum atomic E-state index is -4.22. The van der Waals surface area contributed by atoms with Crippen LogP contribution in [0.25, 0.3) is 0 Å². The molecule has 0 aliphatic rings. The zero-order valence-electron chi connectivity index (χ0n) is 19.5. The Morgan fingerprint density at radius 2 is 1.45 bits per heavy atom. The van der Waals surface area contributed by atoms with Crippen LogP contribution in [0.3, 0.4) is 0 Å². The molecule has 8 nitrogen and oxygen atoms in total. The Labute approximate surface area is 193 Å². The summed E-state index contributed by atoms with van der Waals surface area (Å²) in [6, 6.07) is 0. The fraction of sp³-hybridized carbons (Fsp3) is 1.00. The van der Waals surface area contributed by atoms with Gasteiger partial charge in [-0.3, -0.25) is 13.6 Å². The Kier molecular flexibility index (Phi) is 20.4. The molecule has 11 heteroatoms. The zero-order valence-corrected chi connectivity index (χ0v) is 22.1. The number of hydrogen-bond acceptors (Lipinski definition) is 6. The Morgan fingerprint density at radius 1 is 0.871 bits per heavy atom. The lowest BCUT2D eigenvalue weighted by Gasteiger charge is -2.22. The molecule has 0 bridgehead atoms. The average Bonchev–Trinajstić information content (AvgIpc) is 2.72. The van der Waals surface area contributed by atoms with Crippen LogP contribution in [0.2, 0.25) is 0 Å². The Hall–Kier alpha value is 0.570. The van der Waals surface area contributed by atoms with Crippen molar-refractivity contribution in [3.63, 3.8) is 0 Å². The summed E-state index contributed by atoms with van der Waals surface area (Å²) in [4.78, 5) is 20.0. The van der Waals surface area contributed by atoms with E-state index in [0.29, 0.717) is 18.7 Å². The van der Waals surface area contributed by atoms with Gasteiger partial charge >= 0.3 is 15.4 Å². The number of unbranched alkanes of at least 4 members (excludes halogenated alkanes) is 9. The van der Waals surface area contributed by atoms with E-state index < -0.39 is 21.5 Å². The van der Waals surface area contributed by atoms with Crippen LogP contribution in [0.1, 0.15) is 84.5 Å². The Balaban J connectivity index is 4.51. The maximum Gasteiger partial charge on any atom is 0.472 e. The fourth-order valence-electron chi connectivity index (χ4n) is 2.90. The normalized spacial score (nSPS) is 16.7. The number of phosphoric acid groups is 1. The van der Waals surface area contributed by atoms with E-state index in [4.69, 9.17) is 13.6 Å². The van der Waals surface area contributed by atoms with E-state index in [9.17, 15) is 18.9 Å². The maximum absolute atomic E-state index is 12.5. The molecule has 0 heterocycles. The van der Waals surface area contributed by atoms with E-state index >= 15 is 0 Å². The van der Waals surface area contributed by atoms with Crippen molar-refractivity contribution in [3.05, 3.63) is 0 Å². The van der Waals surface area contributed by atoms with Gasteiger partial charge in [-0.2, -0.15) is 11.8 Å². The van der Waals surface area contributed by atoms with Gasteiger partial charge in [-0.15, -0.1) is 0 Å². The van der Waals surface area contributed by atoms with Crippen LogP contribution >= 0.6 is 27.2 Å². The molecule has 0 aliphatic carbocycles. The summed E-state index contributed by atoms with van der Waals surface area (Å²) in [5, 5.41) is 0. The highest BCUT2D eigenvalue weighted by molar-refractivity contribution is 7.99. The first-order valence-corrected chi connectivity index (χ1v) is 16.2. The second kappa shape index (κ2) is 20.0. The van der Waals surface area contributed by atoms with Crippen LogP contribution in [-0.4, -0.2) is 53.3 Å². The molecule has 0 spiro atoms. The fourth-order valence-corrected chi connectivity index (χ4v) is 6.13. The van der Waals surface area contributed by atoms with Crippen LogP contribution in [0.15, 0.2) is 0 Å². The number of thioether (sulfide) groups is 1. The summed E-state index contributed by atoms with van der Waals surface area (Å²) < 4.78 is 39.7. The maximum atomic E-state index is 12.5. The summed E-state index contributed by atoms with van der Waals surface area (Å²) in [6.07, 6.45) is 11.2. The van der Waals surface area contributed by atoms with Gasteiger partial charge in [0.25, 0.3) is 0 Å². The van der Waals surface area contributed by atoms with Crippen molar-refractivity contribution in [2.24, 2.45) is 0 Å². The minimum absolute atomic E-state index is 0.00232. The highest BCUT2D eigenvalue weighted by Gasteiger charge is 2.28. The molecule has 0 rings (SSSR count). The number of hydrogen-bond donors (Lipinski definition) is 3. The third-order valence-electron chi connectivity index (χ3n) is 4.63. The molecule has 0 aliphatic heterocycles. The van der Waals surface area contributed by atoms with E-state index in [1.54, 1.807) is 11.8 Å². The second-order valence-electron chi connectivity index (χ2n) is 7.80. The SMILES string of the molecule is CCCCCCCCP(=O)(O)OC(COP(=O)(O)OCC[NH3+])CSCCCCCCC. The van der Waals surface area contributed by atoms with Crippen LogP contribution < -0.4 is 5.73 Å². The molecule has 0 aromatic heterocycles. The van der Waals surface area contributed by atoms with Gasteiger partial charge in [0.15, 0.2) is 0 Å². The summed E-state index contributed by atoms with van der Waals surface area (Å²) in [7, 11) is -8.02. The first kappa shape index (κ1) is 31.6. The van der Waals surface area contributed by atoms with Gasteiger partial charge in [-0.05, 0) is 18.6 Å². The molecule has 0 saturated carbocycles. The topological polar surface area (TPSA) is 130 Å². The summed E-state index contributed by atoms with van der Waals surface area (Å²) in [5.41, 5.74) is 3.55. The first-order valence-electron chi connectivity index (χ1n) is 11.8. The molecule has 0 fully saturated rings. The second-order valence-corrected chi connectivity index (χ2v) is 12.3. The van der Waals surface area contributed by atoms with Crippen LogP contribution in [0, 0.1) is 0 Å². The van der Waals surface area contributed by atoms with E-state index in [0.717, 1.165) is 44.3 Å². The number of rotatable bonds is 23. The van der Waals surface area contributed by atoms with Crippen molar-refractivity contribution >= 4 is 27.2 Å². The monoisotopic (exact) mass is 506 g/mol. The predicted octanol–water partition coefficient (Wildman–Crippen LogP) is 5.00. The lowest BCUT2D eigenvalue weighted by atomic mass is 10.1. The lowest BCUT2D eigenvalue weighted by Crippen LogP contribution is -2.52. The molecule has 0 saturated heterocycles. The highest BCUT2D eigenvalue weighted by Crippen LogP contribution is 2.47. The van der Waals surface area contributed by atoms with E-state index in [-0.39, 0.29) is 19.4 Å². The van der Waals surface area contributed by atoms with Gasteiger partial charge in [-0.1, -0.05) is 71.6 Å². The van der Waals surface area contributed by atoms with Crippen molar-refractivity contribution < 1.29 is 38.2 Å². The summed E-state index contributed by atoms with van der Waals surface area (Å²) in [5.74, 6) is 1.33. The predicted molar refractivity (Wildman–Crippen MR) is 129 cm³/mol. The van der Waals surface area contributed by atoms with Gasteiger partial charge in [0.2, 0.25) is 0 Å². The minimum Gasteiger partial charge on any atom is -0.356 e. The molecule has 0 radical (unpaired) electrons. The van der Waals surface area contributed by atoms with Gasteiger partial charge in [0.05, 0.1) is 13.2 Å². The van der Waals surface area contributed by atoms with E-state index in [2.05, 4.69) is 19.6 Å². The van der Waals surface area contributed by atoms with Gasteiger partial charge in [0, 0.05) is 11.9 Å². The molecule has 0 amide bonds. The van der Waals surface area contributed by atoms with Crippen LogP contribution in [0.5, 0.6) is 0 Å². The number of quaternary nitrogens is 1. The smallest absolute Gasteiger partial charge is 0.356 e. The van der Waals surface area contributed by atoms with E-state index in [1.807, 2.05) is 0 Å². The van der Waals surface area contributed by atoms with Crippen molar-refractivity contribution in [3.8, 4) is 0 Å². The molecule has 3 atom stereocenters. The van der Waals surface area contributed by atoms with Gasteiger partial charge in [-0.25, -0.2) is 4.57 Å². The summed E-state index contributed by atoms with van der Waals surface area (Å²) >= 11 is 1.61. The Bertz CT molecular complexity index is 514. The molecule has 0 aromatic carbocycles. The molecule has 31 heavy (non-hydrogen) atoms. The van der Waals surface area contributed by atoms with Crippen LogP contribution in [-0.2, 0) is 22.7 Å². The number of phosphoric ester groups is 1. The lowest BCUT2D eigenvalue weighted by molar-refractivity contribution is -0.371. The molecule has 188 valence electrons. The van der Waals surface area contributed by atoms with Crippen molar-refractivity contribution in [2.45, 2.75) is 90.6 Å². The average molecular weight is 507 g/mol. The summed E-state index contributed by atoms with van der Waals surface area (Å²) in [6.45, 7) is 4.40. The molecular weight excluding hydrogens is 460 g/mol. The van der Waals surface area contributed by atoms with Gasteiger partial charge < -0.3 is 20.0 Å². The molecule has 0 aromatic rings. The van der Waals surface area contributed by atoms with Crippen molar-refractivity contribution in [2.75, 3.05) is 37.4 Å². The largest absolute Gasteiger partial charge is 0.472 e. The van der Waals surface area contributed by atoms with E-state index in [1.165, 1.54) is 25.7 Å². The first-order chi connectivity index (χ1) is 14.8. The highest BCUT2D eigenvalue weighted by atomic mass is 32.2.